The lowest BCUT2D eigenvalue weighted by Gasteiger charge is -2.04. The lowest BCUT2D eigenvalue weighted by atomic mass is 10.1. The molecule has 0 amide bonds. The molecule has 0 aliphatic rings. The zero-order chi connectivity index (χ0) is 14.8. The molecule has 0 atom stereocenters. The molecule has 0 radical (unpaired) electrons. The van der Waals surface area contributed by atoms with E-state index in [0.29, 0.717) is 5.56 Å². The van der Waals surface area contributed by atoms with Gasteiger partial charge in [0.15, 0.2) is 0 Å². The normalized spacial score (nSPS) is 10.3. The van der Waals surface area contributed by atoms with Crippen molar-refractivity contribution in [2.75, 3.05) is 5.73 Å². The van der Waals surface area contributed by atoms with Crippen LogP contribution < -0.4 is 5.73 Å². The Morgan fingerprint density at radius 2 is 1.86 bits per heavy atom. The van der Waals surface area contributed by atoms with Crippen molar-refractivity contribution in [2.45, 2.75) is 6.92 Å². The van der Waals surface area contributed by atoms with Crippen LogP contribution in [-0.4, -0.2) is 9.78 Å². The number of hydrogen-bond acceptors (Lipinski definition) is 3. The van der Waals surface area contributed by atoms with E-state index in [1.807, 2.05) is 55.6 Å². The molecule has 2 aromatic carbocycles. The largest absolute Gasteiger partial charge is 0.399 e. The van der Waals surface area contributed by atoms with Crippen LogP contribution in [0.15, 0.2) is 54.9 Å². The van der Waals surface area contributed by atoms with Gasteiger partial charge in [-0.3, -0.25) is 0 Å². The lowest BCUT2D eigenvalue weighted by molar-refractivity contribution is 0.877. The van der Waals surface area contributed by atoms with Gasteiger partial charge in [-0.1, -0.05) is 18.2 Å². The number of nitrogens with two attached hydrogens (primary N) is 1. The molecule has 0 spiro atoms. The van der Waals surface area contributed by atoms with Gasteiger partial charge in [0.05, 0.1) is 17.4 Å². The molecule has 4 heteroatoms. The SMILES string of the molecule is Cc1ccc(-n2cc(-c3ccc(N)cc3)cn2)c(C#N)c1. The van der Waals surface area contributed by atoms with E-state index in [-0.39, 0.29) is 0 Å². The van der Waals surface area contributed by atoms with Crippen molar-refractivity contribution in [3.05, 3.63) is 66.0 Å². The number of nitrogen functional groups attached to an aromatic ring is 1. The van der Waals surface area contributed by atoms with Gasteiger partial charge in [-0.15, -0.1) is 0 Å². The molecular formula is C17H14N4. The van der Waals surface area contributed by atoms with E-state index in [4.69, 9.17) is 5.73 Å². The fraction of sp³-hybridized carbons (Fsp3) is 0.0588. The van der Waals surface area contributed by atoms with Gasteiger partial charge in [0.2, 0.25) is 0 Å². The van der Waals surface area contributed by atoms with Crippen LogP contribution in [0.4, 0.5) is 5.69 Å². The van der Waals surface area contributed by atoms with Crippen molar-refractivity contribution in [1.29, 1.82) is 5.26 Å². The summed E-state index contributed by atoms with van der Waals surface area (Å²) in [4.78, 5) is 0. The number of anilines is 1. The van der Waals surface area contributed by atoms with E-state index in [1.165, 1.54) is 0 Å². The van der Waals surface area contributed by atoms with Gasteiger partial charge in [0.25, 0.3) is 0 Å². The Labute approximate surface area is 123 Å². The molecule has 0 aliphatic heterocycles. The van der Waals surface area contributed by atoms with E-state index < -0.39 is 0 Å². The van der Waals surface area contributed by atoms with Crippen LogP contribution in [0, 0.1) is 18.3 Å². The molecule has 0 fully saturated rings. The van der Waals surface area contributed by atoms with E-state index in [2.05, 4.69) is 11.2 Å². The maximum atomic E-state index is 9.25. The Hall–Kier alpha value is -3.06. The Kier molecular flexibility index (Phi) is 3.17. The minimum Gasteiger partial charge on any atom is -0.399 e. The standard InChI is InChI=1S/C17H14N4/c1-12-2-7-17(14(8-12)9-18)21-11-15(10-20-21)13-3-5-16(19)6-4-13/h2-8,10-11H,19H2,1H3. The fourth-order valence-corrected chi connectivity index (χ4v) is 2.22. The molecule has 0 saturated carbocycles. The maximum Gasteiger partial charge on any atom is 0.101 e. The molecule has 3 rings (SSSR count). The second-order valence-corrected chi connectivity index (χ2v) is 4.93. The van der Waals surface area contributed by atoms with Gasteiger partial charge in [-0.05, 0) is 42.3 Å². The predicted molar refractivity (Wildman–Crippen MR) is 82.9 cm³/mol. The molecule has 4 nitrogen and oxygen atoms in total. The van der Waals surface area contributed by atoms with Gasteiger partial charge >= 0.3 is 0 Å². The summed E-state index contributed by atoms with van der Waals surface area (Å²) in [6.07, 6.45) is 3.70. The van der Waals surface area contributed by atoms with Crippen molar-refractivity contribution < 1.29 is 0 Å². The van der Waals surface area contributed by atoms with Crippen LogP contribution in [0.5, 0.6) is 0 Å². The minimum atomic E-state index is 0.613. The number of aromatic nitrogens is 2. The zero-order valence-electron chi connectivity index (χ0n) is 11.6. The number of benzene rings is 2. The first kappa shape index (κ1) is 12.9. The predicted octanol–water partition coefficient (Wildman–Crippen LogP) is 3.30. The number of nitrogens with zero attached hydrogens (tertiary/aromatic N) is 3. The summed E-state index contributed by atoms with van der Waals surface area (Å²) in [6.45, 7) is 1.97. The first-order valence-electron chi connectivity index (χ1n) is 6.59. The Morgan fingerprint density at radius 1 is 1.10 bits per heavy atom. The van der Waals surface area contributed by atoms with E-state index in [1.54, 1.807) is 10.9 Å². The van der Waals surface area contributed by atoms with Crippen molar-refractivity contribution in [3.8, 4) is 22.9 Å². The smallest absolute Gasteiger partial charge is 0.101 e. The summed E-state index contributed by atoms with van der Waals surface area (Å²) in [6, 6.07) is 15.6. The Bertz CT molecular complexity index is 823. The van der Waals surface area contributed by atoms with E-state index >= 15 is 0 Å². The highest BCUT2D eigenvalue weighted by molar-refractivity contribution is 5.65. The Morgan fingerprint density at radius 3 is 2.57 bits per heavy atom. The first-order chi connectivity index (χ1) is 10.2. The van der Waals surface area contributed by atoms with Gasteiger partial charge in [-0.2, -0.15) is 10.4 Å². The second kappa shape index (κ2) is 5.14. The minimum absolute atomic E-state index is 0.613. The summed E-state index contributed by atoms with van der Waals surface area (Å²) in [5.74, 6) is 0. The number of nitriles is 1. The third kappa shape index (κ3) is 2.49. The summed E-state index contributed by atoms with van der Waals surface area (Å²) < 4.78 is 1.73. The van der Waals surface area contributed by atoms with Crippen LogP contribution in [0.2, 0.25) is 0 Å². The van der Waals surface area contributed by atoms with Crippen molar-refractivity contribution in [3.63, 3.8) is 0 Å². The van der Waals surface area contributed by atoms with Crippen LogP contribution >= 0.6 is 0 Å². The molecular weight excluding hydrogens is 260 g/mol. The number of rotatable bonds is 2. The first-order valence-corrected chi connectivity index (χ1v) is 6.59. The van der Waals surface area contributed by atoms with Crippen LogP contribution in [0.25, 0.3) is 16.8 Å². The summed E-state index contributed by atoms with van der Waals surface area (Å²) >= 11 is 0. The van der Waals surface area contributed by atoms with Crippen molar-refractivity contribution >= 4 is 5.69 Å². The summed E-state index contributed by atoms with van der Waals surface area (Å²) in [5.41, 5.74) is 10.9. The molecule has 0 aliphatic carbocycles. The van der Waals surface area contributed by atoms with Crippen LogP contribution in [0.3, 0.4) is 0 Å². The highest BCUT2D eigenvalue weighted by atomic mass is 15.3. The van der Waals surface area contributed by atoms with Crippen LogP contribution in [0.1, 0.15) is 11.1 Å². The molecule has 1 heterocycles. The lowest BCUT2D eigenvalue weighted by Crippen LogP contribution is -1.98. The maximum absolute atomic E-state index is 9.25. The van der Waals surface area contributed by atoms with Gasteiger partial charge < -0.3 is 5.73 Å². The van der Waals surface area contributed by atoms with Gasteiger partial charge in [-0.25, -0.2) is 4.68 Å². The third-order valence-electron chi connectivity index (χ3n) is 3.35. The average molecular weight is 274 g/mol. The van der Waals surface area contributed by atoms with Gasteiger partial charge in [0.1, 0.15) is 6.07 Å². The van der Waals surface area contributed by atoms with Crippen molar-refractivity contribution in [2.24, 2.45) is 0 Å². The molecule has 3 aromatic rings. The highest BCUT2D eigenvalue weighted by Gasteiger charge is 2.07. The van der Waals surface area contributed by atoms with Crippen LogP contribution in [-0.2, 0) is 0 Å². The second-order valence-electron chi connectivity index (χ2n) is 4.93. The molecule has 1 aromatic heterocycles. The molecule has 0 unspecified atom stereocenters. The molecule has 102 valence electrons. The zero-order valence-corrected chi connectivity index (χ0v) is 11.6. The third-order valence-corrected chi connectivity index (χ3v) is 3.35. The summed E-state index contributed by atoms with van der Waals surface area (Å²) in [7, 11) is 0. The molecule has 21 heavy (non-hydrogen) atoms. The Balaban J connectivity index is 2.03. The highest BCUT2D eigenvalue weighted by Crippen LogP contribution is 2.22. The number of hydrogen-bond donors (Lipinski definition) is 1. The number of aryl methyl sites for hydroxylation is 1. The molecule has 0 saturated heterocycles. The topological polar surface area (TPSA) is 67.6 Å². The van der Waals surface area contributed by atoms with E-state index in [0.717, 1.165) is 28.1 Å². The van der Waals surface area contributed by atoms with Gasteiger partial charge in [0, 0.05) is 17.4 Å². The summed E-state index contributed by atoms with van der Waals surface area (Å²) in [5, 5.41) is 13.6. The molecule has 0 bridgehead atoms. The van der Waals surface area contributed by atoms with Crippen molar-refractivity contribution in [1.82, 2.24) is 9.78 Å². The monoisotopic (exact) mass is 274 g/mol. The quantitative estimate of drug-likeness (QED) is 0.729. The fourth-order valence-electron chi connectivity index (χ4n) is 2.22. The average Bonchev–Trinajstić information content (AvgIpc) is 2.97. The molecule has 2 N–H and O–H groups in total. The van der Waals surface area contributed by atoms with E-state index in [9.17, 15) is 5.26 Å².